The van der Waals surface area contributed by atoms with Gasteiger partial charge in [0.25, 0.3) is 0 Å². The standard InChI is InChI=1S/C16H24F2N2O/c1-16(2,3)14-11-20(10-6-9-19-14)12-7-4-5-8-13(12)21-15(17)18/h4-5,7-8,14-15,19H,6,9-11H2,1-3H3. The van der Waals surface area contributed by atoms with E-state index in [2.05, 4.69) is 35.7 Å². The molecule has 0 radical (unpaired) electrons. The zero-order valence-electron chi connectivity index (χ0n) is 12.9. The van der Waals surface area contributed by atoms with Crippen LogP contribution in [0.5, 0.6) is 5.75 Å². The number of nitrogens with one attached hydrogen (secondary N) is 1. The summed E-state index contributed by atoms with van der Waals surface area (Å²) in [5.41, 5.74) is 0.858. The number of ether oxygens (including phenoxy) is 1. The maximum absolute atomic E-state index is 12.6. The molecule has 1 fully saturated rings. The first-order chi connectivity index (χ1) is 9.88. The van der Waals surface area contributed by atoms with Crippen LogP contribution in [0.3, 0.4) is 0 Å². The lowest BCUT2D eigenvalue weighted by Gasteiger charge is -2.35. The maximum atomic E-state index is 12.6. The Balaban J connectivity index is 2.23. The second-order valence-corrected chi connectivity index (χ2v) is 6.52. The van der Waals surface area contributed by atoms with Crippen LogP contribution in [0, 0.1) is 5.41 Å². The zero-order valence-corrected chi connectivity index (χ0v) is 12.9. The first kappa shape index (κ1) is 16.0. The molecule has 21 heavy (non-hydrogen) atoms. The largest absolute Gasteiger partial charge is 0.433 e. The number of para-hydroxylation sites is 2. The molecule has 1 aliphatic heterocycles. The van der Waals surface area contributed by atoms with E-state index in [0.29, 0.717) is 6.04 Å². The van der Waals surface area contributed by atoms with Gasteiger partial charge in [0.2, 0.25) is 0 Å². The lowest BCUT2D eigenvalue weighted by molar-refractivity contribution is -0.0495. The second kappa shape index (κ2) is 6.60. The molecule has 1 aromatic carbocycles. The van der Waals surface area contributed by atoms with Gasteiger partial charge < -0.3 is 15.0 Å². The highest BCUT2D eigenvalue weighted by molar-refractivity contribution is 5.58. The third-order valence-corrected chi connectivity index (χ3v) is 3.87. The molecular formula is C16H24F2N2O. The van der Waals surface area contributed by atoms with Crippen LogP contribution in [0.2, 0.25) is 0 Å². The van der Waals surface area contributed by atoms with E-state index in [1.165, 1.54) is 0 Å². The number of benzene rings is 1. The van der Waals surface area contributed by atoms with Crippen molar-refractivity contribution < 1.29 is 13.5 Å². The van der Waals surface area contributed by atoms with Crippen LogP contribution in [0.15, 0.2) is 24.3 Å². The van der Waals surface area contributed by atoms with E-state index in [1.54, 1.807) is 12.1 Å². The van der Waals surface area contributed by atoms with Crippen molar-refractivity contribution in [3.8, 4) is 5.75 Å². The Morgan fingerprint density at radius 1 is 1.29 bits per heavy atom. The first-order valence-electron chi connectivity index (χ1n) is 7.40. The normalized spacial score (nSPS) is 20.5. The quantitative estimate of drug-likeness (QED) is 0.924. The fraction of sp³-hybridized carbons (Fsp3) is 0.625. The van der Waals surface area contributed by atoms with Crippen molar-refractivity contribution >= 4 is 5.69 Å². The van der Waals surface area contributed by atoms with E-state index in [9.17, 15) is 8.78 Å². The van der Waals surface area contributed by atoms with E-state index in [1.807, 2.05) is 12.1 Å². The molecule has 0 saturated carbocycles. The molecule has 118 valence electrons. The van der Waals surface area contributed by atoms with Crippen molar-refractivity contribution in [2.75, 3.05) is 24.5 Å². The van der Waals surface area contributed by atoms with Crippen LogP contribution < -0.4 is 15.0 Å². The van der Waals surface area contributed by atoms with Gasteiger partial charge in [-0.1, -0.05) is 32.9 Å². The molecule has 1 unspecified atom stereocenters. The summed E-state index contributed by atoms with van der Waals surface area (Å²) in [6, 6.07) is 7.34. The Hall–Kier alpha value is -1.36. The maximum Gasteiger partial charge on any atom is 0.387 e. The third kappa shape index (κ3) is 4.30. The smallest absolute Gasteiger partial charge is 0.387 e. The van der Waals surface area contributed by atoms with Crippen molar-refractivity contribution in [2.45, 2.75) is 39.8 Å². The molecular weight excluding hydrogens is 274 g/mol. The Morgan fingerprint density at radius 2 is 2.00 bits per heavy atom. The van der Waals surface area contributed by atoms with E-state index in [0.717, 1.165) is 31.7 Å². The van der Waals surface area contributed by atoms with Crippen LogP contribution in [0.1, 0.15) is 27.2 Å². The summed E-state index contributed by atoms with van der Waals surface area (Å²) in [5, 5.41) is 3.55. The number of halogens is 2. The molecule has 1 aromatic rings. The minimum Gasteiger partial charge on any atom is -0.433 e. The number of hydrogen-bond donors (Lipinski definition) is 1. The minimum atomic E-state index is -2.80. The first-order valence-corrected chi connectivity index (χ1v) is 7.40. The number of anilines is 1. The summed E-state index contributed by atoms with van der Waals surface area (Å²) < 4.78 is 29.8. The van der Waals surface area contributed by atoms with Crippen LogP contribution in [-0.2, 0) is 0 Å². The second-order valence-electron chi connectivity index (χ2n) is 6.52. The molecule has 1 atom stereocenters. The Labute approximate surface area is 125 Å². The van der Waals surface area contributed by atoms with Gasteiger partial charge in [0.15, 0.2) is 0 Å². The van der Waals surface area contributed by atoms with Gasteiger partial charge in [0, 0.05) is 19.1 Å². The van der Waals surface area contributed by atoms with Gasteiger partial charge in [-0.25, -0.2) is 0 Å². The third-order valence-electron chi connectivity index (χ3n) is 3.87. The van der Waals surface area contributed by atoms with Crippen molar-refractivity contribution in [1.29, 1.82) is 0 Å². The molecule has 1 aliphatic rings. The van der Waals surface area contributed by atoms with Gasteiger partial charge in [-0.3, -0.25) is 0 Å². The Bertz CT molecular complexity index is 460. The SMILES string of the molecule is CC(C)(C)C1CN(c2ccccc2OC(F)F)CCCN1. The predicted molar refractivity (Wildman–Crippen MR) is 81.1 cm³/mol. The van der Waals surface area contributed by atoms with Gasteiger partial charge in [0.05, 0.1) is 5.69 Å². The number of alkyl halides is 2. The highest BCUT2D eigenvalue weighted by atomic mass is 19.3. The molecule has 3 nitrogen and oxygen atoms in total. The number of rotatable bonds is 3. The average molecular weight is 298 g/mol. The Morgan fingerprint density at radius 3 is 2.67 bits per heavy atom. The van der Waals surface area contributed by atoms with Crippen LogP contribution in [0.25, 0.3) is 0 Å². The summed E-state index contributed by atoms with van der Waals surface area (Å²) in [5.74, 6) is 0.252. The number of nitrogens with zero attached hydrogens (tertiary/aromatic N) is 1. The fourth-order valence-electron chi connectivity index (χ4n) is 2.64. The topological polar surface area (TPSA) is 24.5 Å². The monoisotopic (exact) mass is 298 g/mol. The van der Waals surface area contributed by atoms with Crippen molar-refractivity contribution in [3.05, 3.63) is 24.3 Å². The fourth-order valence-corrected chi connectivity index (χ4v) is 2.64. The summed E-state index contributed by atoms with van der Waals surface area (Å²) in [7, 11) is 0. The van der Waals surface area contributed by atoms with Gasteiger partial charge in [0.1, 0.15) is 5.75 Å². The van der Waals surface area contributed by atoms with Gasteiger partial charge in [-0.15, -0.1) is 0 Å². The molecule has 0 spiro atoms. The zero-order chi connectivity index (χ0) is 15.5. The molecule has 0 amide bonds. The van der Waals surface area contributed by atoms with Gasteiger partial charge in [-0.05, 0) is 30.5 Å². The summed E-state index contributed by atoms with van der Waals surface area (Å²) >= 11 is 0. The molecule has 5 heteroatoms. The predicted octanol–water partition coefficient (Wildman–Crippen LogP) is 3.50. The van der Waals surface area contributed by atoms with Crippen molar-refractivity contribution in [3.63, 3.8) is 0 Å². The highest BCUT2D eigenvalue weighted by Gasteiger charge is 2.29. The Kier molecular flexibility index (Phi) is 5.04. The lowest BCUT2D eigenvalue weighted by atomic mass is 9.86. The molecule has 2 rings (SSSR count). The van der Waals surface area contributed by atoms with E-state index in [4.69, 9.17) is 0 Å². The average Bonchev–Trinajstić information content (AvgIpc) is 2.64. The van der Waals surface area contributed by atoms with E-state index >= 15 is 0 Å². The van der Waals surface area contributed by atoms with Crippen LogP contribution in [0.4, 0.5) is 14.5 Å². The van der Waals surface area contributed by atoms with Crippen LogP contribution >= 0.6 is 0 Å². The molecule has 1 saturated heterocycles. The highest BCUT2D eigenvalue weighted by Crippen LogP contribution is 2.32. The van der Waals surface area contributed by atoms with Crippen LogP contribution in [-0.4, -0.2) is 32.3 Å². The minimum absolute atomic E-state index is 0.112. The molecule has 1 N–H and O–H groups in total. The number of hydrogen-bond acceptors (Lipinski definition) is 3. The lowest BCUT2D eigenvalue weighted by Crippen LogP contribution is -2.46. The van der Waals surface area contributed by atoms with Gasteiger partial charge >= 0.3 is 6.61 Å². The van der Waals surface area contributed by atoms with Crippen molar-refractivity contribution in [2.24, 2.45) is 5.41 Å². The van der Waals surface area contributed by atoms with Gasteiger partial charge in [-0.2, -0.15) is 8.78 Å². The summed E-state index contributed by atoms with van der Waals surface area (Å²) in [4.78, 5) is 2.15. The summed E-state index contributed by atoms with van der Waals surface area (Å²) in [6.07, 6.45) is 0.982. The van der Waals surface area contributed by atoms with E-state index in [-0.39, 0.29) is 11.2 Å². The molecule has 0 aliphatic carbocycles. The summed E-state index contributed by atoms with van der Waals surface area (Å²) in [6.45, 7) is 6.34. The molecule has 0 aromatic heterocycles. The van der Waals surface area contributed by atoms with E-state index < -0.39 is 6.61 Å². The molecule has 0 bridgehead atoms. The van der Waals surface area contributed by atoms with Crippen molar-refractivity contribution in [1.82, 2.24) is 5.32 Å². The molecule has 1 heterocycles.